The number of nitrogens with one attached hydrogen (secondary N) is 1. The van der Waals surface area contributed by atoms with Gasteiger partial charge in [0.25, 0.3) is 0 Å². The number of rotatable bonds is 9. The van der Waals surface area contributed by atoms with Crippen LogP contribution in [0.2, 0.25) is 0 Å². The van der Waals surface area contributed by atoms with Gasteiger partial charge < -0.3 is 5.32 Å². The molecule has 1 aromatic rings. The van der Waals surface area contributed by atoms with Crippen molar-refractivity contribution in [2.24, 2.45) is 0 Å². The fourth-order valence-electron chi connectivity index (χ4n) is 2.11. The highest BCUT2D eigenvalue weighted by Gasteiger charge is 2.10. The Balaban J connectivity index is 2.40. The zero-order valence-electron chi connectivity index (χ0n) is 12.7. The van der Waals surface area contributed by atoms with E-state index in [2.05, 4.69) is 33.1 Å². The molecule has 0 aromatic heterocycles. The van der Waals surface area contributed by atoms with E-state index in [0.717, 1.165) is 36.0 Å². The van der Waals surface area contributed by atoms with Crippen LogP contribution in [-0.4, -0.2) is 43.3 Å². The summed E-state index contributed by atoms with van der Waals surface area (Å²) < 4.78 is 0.971. The molecule has 0 atom stereocenters. The maximum Gasteiger partial charge on any atom is 0.233 e. The first-order valence-corrected chi connectivity index (χ1v) is 8.07. The zero-order valence-corrected chi connectivity index (χ0v) is 14.3. The molecule has 0 saturated carbocycles. The molecule has 116 valence electrons. The standard InChI is InChI=1S/C16H23BrN2O2/c1-3-10-19(12-16(21)18-2)11-4-5-15(20)13-6-8-14(17)9-7-13/h6-9H,3-5,10-12H2,1-2H3,(H,18,21). The van der Waals surface area contributed by atoms with Gasteiger partial charge in [0, 0.05) is 23.5 Å². The number of carbonyl (C=O) groups excluding carboxylic acids is 2. The van der Waals surface area contributed by atoms with Crippen molar-refractivity contribution < 1.29 is 9.59 Å². The lowest BCUT2D eigenvalue weighted by molar-refractivity contribution is -0.121. The molecule has 1 rings (SSSR count). The fraction of sp³-hybridized carbons (Fsp3) is 0.500. The largest absolute Gasteiger partial charge is 0.358 e. The Morgan fingerprint density at radius 1 is 1.19 bits per heavy atom. The number of likely N-dealkylation sites (N-methyl/N-ethyl adjacent to an activating group) is 1. The van der Waals surface area contributed by atoms with Gasteiger partial charge in [-0.15, -0.1) is 0 Å². The average molecular weight is 355 g/mol. The monoisotopic (exact) mass is 354 g/mol. The van der Waals surface area contributed by atoms with E-state index in [-0.39, 0.29) is 11.7 Å². The second-order valence-corrected chi connectivity index (χ2v) is 5.90. The zero-order chi connectivity index (χ0) is 15.7. The van der Waals surface area contributed by atoms with Crippen LogP contribution < -0.4 is 5.32 Å². The van der Waals surface area contributed by atoms with Gasteiger partial charge in [-0.25, -0.2) is 0 Å². The third-order valence-electron chi connectivity index (χ3n) is 3.23. The molecule has 0 aliphatic heterocycles. The van der Waals surface area contributed by atoms with Gasteiger partial charge in [0.1, 0.15) is 0 Å². The highest BCUT2D eigenvalue weighted by atomic mass is 79.9. The predicted molar refractivity (Wildman–Crippen MR) is 88.5 cm³/mol. The van der Waals surface area contributed by atoms with Crippen molar-refractivity contribution in [1.82, 2.24) is 10.2 Å². The number of Topliss-reactive ketones (excluding diaryl/α,β-unsaturated/α-hetero) is 1. The number of nitrogens with zero attached hydrogens (tertiary/aromatic N) is 1. The number of hydrogen-bond acceptors (Lipinski definition) is 3. The summed E-state index contributed by atoms with van der Waals surface area (Å²) in [5, 5.41) is 2.63. The fourth-order valence-corrected chi connectivity index (χ4v) is 2.38. The first kappa shape index (κ1) is 17.9. The number of halogens is 1. The van der Waals surface area contributed by atoms with Crippen molar-refractivity contribution >= 4 is 27.6 Å². The molecule has 0 saturated heterocycles. The van der Waals surface area contributed by atoms with E-state index in [4.69, 9.17) is 0 Å². The summed E-state index contributed by atoms with van der Waals surface area (Å²) in [4.78, 5) is 25.6. The Labute approximate surface area is 135 Å². The van der Waals surface area contributed by atoms with Gasteiger partial charge in [0.05, 0.1) is 6.54 Å². The minimum absolute atomic E-state index is 0.0164. The van der Waals surface area contributed by atoms with Crippen LogP contribution >= 0.6 is 15.9 Å². The van der Waals surface area contributed by atoms with Gasteiger partial charge in [0.2, 0.25) is 5.91 Å². The lowest BCUT2D eigenvalue weighted by atomic mass is 10.1. The lowest BCUT2D eigenvalue weighted by Gasteiger charge is -2.20. The highest BCUT2D eigenvalue weighted by molar-refractivity contribution is 9.10. The van der Waals surface area contributed by atoms with Crippen LogP contribution in [0.15, 0.2) is 28.7 Å². The first-order valence-electron chi connectivity index (χ1n) is 7.28. The maximum absolute atomic E-state index is 12.1. The Hall–Kier alpha value is -1.20. The van der Waals surface area contributed by atoms with Crippen molar-refractivity contribution in [3.8, 4) is 0 Å². The molecule has 0 unspecified atom stereocenters. The Morgan fingerprint density at radius 2 is 1.86 bits per heavy atom. The molecular formula is C16H23BrN2O2. The molecule has 0 bridgehead atoms. The van der Waals surface area contributed by atoms with Crippen LogP contribution in [0.25, 0.3) is 0 Å². The summed E-state index contributed by atoms with van der Waals surface area (Å²) in [5.74, 6) is 0.168. The SMILES string of the molecule is CCCN(CCCC(=O)c1ccc(Br)cc1)CC(=O)NC. The second-order valence-electron chi connectivity index (χ2n) is 4.98. The Bertz CT molecular complexity index is 460. The van der Waals surface area contributed by atoms with E-state index in [9.17, 15) is 9.59 Å². The summed E-state index contributed by atoms with van der Waals surface area (Å²) in [6, 6.07) is 7.42. The Kier molecular flexibility index (Phi) is 8.23. The molecule has 0 aliphatic carbocycles. The normalized spacial score (nSPS) is 10.7. The van der Waals surface area contributed by atoms with Crippen LogP contribution in [0, 0.1) is 0 Å². The summed E-state index contributed by atoms with van der Waals surface area (Å²) in [6.45, 7) is 4.13. The van der Waals surface area contributed by atoms with Crippen LogP contribution in [-0.2, 0) is 4.79 Å². The molecule has 0 radical (unpaired) electrons. The lowest BCUT2D eigenvalue weighted by Crippen LogP contribution is -2.36. The van der Waals surface area contributed by atoms with Gasteiger partial charge in [-0.05, 0) is 38.1 Å². The topological polar surface area (TPSA) is 49.4 Å². The van der Waals surface area contributed by atoms with E-state index in [1.165, 1.54) is 0 Å². The van der Waals surface area contributed by atoms with Gasteiger partial charge in [-0.3, -0.25) is 14.5 Å². The Morgan fingerprint density at radius 3 is 2.43 bits per heavy atom. The summed E-state index contributed by atoms with van der Waals surface area (Å²) in [5.41, 5.74) is 0.742. The number of amides is 1. The minimum Gasteiger partial charge on any atom is -0.358 e. The quantitative estimate of drug-likeness (QED) is 0.693. The van der Waals surface area contributed by atoms with Gasteiger partial charge in [-0.1, -0.05) is 35.0 Å². The third-order valence-corrected chi connectivity index (χ3v) is 3.76. The second kappa shape index (κ2) is 9.68. The van der Waals surface area contributed by atoms with E-state index >= 15 is 0 Å². The van der Waals surface area contributed by atoms with Gasteiger partial charge in [0.15, 0.2) is 5.78 Å². The predicted octanol–water partition coefficient (Wildman–Crippen LogP) is 2.87. The summed E-state index contributed by atoms with van der Waals surface area (Å²) >= 11 is 3.36. The number of hydrogen-bond donors (Lipinski definition) is 1. The number of ketones is 1. The maximum atomic E-state index is 12.1. The molecule has 0 heterocycles. The molecule has 0 fully saturated rings. The smallest absolute Gasteiger partial charge is 0.233 e. The van der Waals surface area contributed by atoms with E-state index in [1.54, 1.807) is 7.05 Å². The van der Waals surface area contributed by atoms with E-state index < -0.39 is 0 Å². The first-order chi connectivity index (χ1) is 10.1. The molecule has 4 nitrogen and oxygen atoms in total. The van der Waals surface area contributed by atoms with Crippen molar-refractivity contribution in [2.75, 3.05) is 26.7 Å². The summed E-state index contributed by atoms with van der Waals surface area (Å²) in [7, 11) is 1.64. The van der Waals surface area contributed by atoms with Crippen molar-refractivity contribution in [2.45, 2.75) is 26.2 Å². The van der Waals surface area contributed by atoms with Crippen LogP contribution in [0.3, 0.4) is 0 Å². The average Bonchev–Trinajstić information content (AvgIpc) is 2.47. The van der Waals surface area contributed by atoms with Crippen molar-refractivity contribution in [3.63, 3.8) is 0 Å². The van der Waals surface area contributed by atoms with Crippen LogP contribution in [0.1, 0.15) is 36.5 Å². The van der Waals surface area contributed by atoms with Crippen LogP contribution in [0.5, 0.6) is 0 Å². The molecule has 1 N–H and O–H groups in total. The van der Waals surface area contributed by atoms with Crippen molar-refractivity contribution in [3.05, 3.63) is 34.3 Å². The molecule has 21 heavy (non-hydrogen) atoms. The van der Waals surface area contributed by atoms with E-state index in [0.29, 0.717) is 13.0 Å². The molecule has 1 aromatic carbocycles. The molecule has 5 heteroatoms. The highest BCUT2D eigenvalue weighted by Crippen LogP contribution is 2.12. The number of benzene rings is 1. The minimum atomic E-state index is 0.0164. The van der Waals surface area contributed by atoms with Crippen molar-refractivity contribution in [1.29, 1.82) is 0 Å². The van der Waals surface area contributed by atoms with E-state index in [1.807, 2.05) is 24.3 Å². The van der Waals surface area contributed by atoms with Gasteiger partial charge in [-0.2, -0.15) is 0 Å². The molecule has 0 spiro atoms. The molecule has 1 amide bonds. The summed E-state index contributed by atoms with van der Waals surface area (Å²) in [6.07, 6.45) is 2.28. The number of carbonyl (C=O) groups is 2. The third kappa shape index (κ3) is 6.87. The molecule has 0 aliphatic rings. The van der Waals surface area contributed by atoms with Crippen LogP contribution in [0.4, 0.5) is 0 Å². The van der Waals surface area contributed by atoms with Gasteiger partial charge >= 0.3 is 0 Å². The molecular weight excluding hydrogens is 332 g/mol.